The molecule has 0 amide bonds. The lowest BCUT2D eigenvalue weighted by molar-refractivity contribution is -0.146. The van der Waals surface area contributed by atoms with Crippen LogP contribution in [0.1, 0.15) is 36.8 Å². The fraction of sp³-hybridized carbons (Fsp3) is 0.500. The number of aromatic nitrogens is 1. The third kappa shape index (κ3) is 1.95. The molecule has 98 valence electrons. The molecule has 1 aromatic heterocycles. The predicted molar refractivity (Wildman–Crippen MR) is 57.0 cm³/mol. The average Bonchev–Trinajstić information content (AvgIpc) is 2.78. The largest absolute Gasteiger partial charge is 0.481 e. The lowest BCUT2D eigenvalue weighted by atomic mass is 9.77. The van der Waals surface area contributed by atoms with Gasteiger partial charge in [0.2, 0.25) is 0 Å². The van der Waals surface area contributed by atoms with Crippen molar-refractivity contribution in [3.8, 4) is 0 Å². The van der Waals surface area contributed by atoms with Crippen LogP contribution in [-0.4, -0.2) is 16.1 Å². The minimum absolute atomic E-state index is 0.157. The van der Waals surface area contributed by atoms with Gasteiger partial charge in [-0.3, -0.25) is 9.78 Å². The highest BCUT2D eigenvalue weighted by atomic mass is 19.4. The Balaban J connectivity index is 2.59. The van der Waals surface area contributed by atoms with Crippen LogP contribution < -0.4 is 0 Å². The highest BCUT2D eigenvalue weighted by Crippen LogP contribution is 2.45. The van der Waals surface area contributed by atoms with Crippen molar-refractivity contribution in [3.63, 3.8) is 0 Å². The number of hydrogen-bond acceptors (Lipinski definition) is 2. The second kappa shape index (κ2) is 4.26. The summed E-state index contributed by atoms with van der Waals surface area (Å²) in [5.41, 5.74) is -2.50. The van der Waals surface area contributed by atoms with Crippen LogP contribution in [0.2, 0.25) is 0 Å². The molecule has 1 fully saturated rings. The first-order valence-corrected chi connectivity index (χ1v) is 5.63. The Labute approximate surface area is 102 Å². The summed E-state index contributed by atoms with van der Waals surface area (Å²) in [5, 5.41) is 9.32. The summed E-state index contributed by atoms with van der Waals surface area (Å²) in [6, 6.07) is 1.18. The van der Waals surface area contributed by atoms with Crippen molar-refractivity contribution in [2.45, 2.75) is 37.3 Å². The molecule has 0 bridgehead atoms. The molecule has 1 aromatic rings. The Morgan fingerprint density at radius 1 is 1.33 bits per heavy atom. The lowest BCUT2D eigenvalue weighted by Crippen LogP contribution is -2.35. The second-order valence-electron chi connectivity index (χ2n) is 4.51. The van der Waals surface area contributed by atoms with E-state index in [-0.39, 0.29) is 18.4 Å². The van der Waals surface area contributed by atoms with Gasteiger partial charge in [0.15, 0.2) is 0 Å². The molecule has 18 heavy (non-hydrogen) atoms. The van der Waals surface area contributed by atoms with Gasteiger partial charge >= 0.3 is 12.1 Å². The monoisotopic (exact) mass is 259 g/mol. The number of aliphatic carboxylic acids is 1. The van der Waals surface area contributed by atoms with E-state index in [9.17, 15) is 23.1 Å². The van der Waals surface area contributed by atoms with Gasteiger partial charge in [-0.2, -0.15) is 13.2 Å². The molecule has 1 aliphatic rings. The molecule has 1 N–H and O–H groups in total. The van der Waals surface area contributed by atoms with Crippen LogP contribution in [0.25, 0.3) is 0 Å². The van der Waals surface area contributed by atoms with Crippen LogP contribution in [0.5, 0.6) is 0 Å². The number of carboxylic acid groups (broad SMARTS) is 1. The maximum absolute atomic E-state index is 12.9. The molecule has 0 radical (unpaired) electrons. The van der Waals surface area contributed by atoms with E-state index in [1.54, 1.807) is 0 Å². The number of rotatable bonds is 2. The van der Waals surface area contributed by atoms with Gasteiger partial charge in [-0.1, -0.05) is 12.8 Å². The Kier molecular flexibility index (Phi) is 3.04. The number of pyridine rings is 1. The zero-order valence-corrected chi connectivity index (χ0v) is 9.50. The number of alkyl halides is 3. The van der Waals surface area contributed by atoms with E-state index in [0.717, 1.165) is 0 Å². The average molecular weight is 259 g/mol. The van der Waals surface area contributed by atoms with Gasteiger partial charge in [0.25, 0.3) is 0 Å². The van der Waals surface area contributed by atoms with Crippen molar-refractivity contribution in [2.75, 3.05) is 0 Å². The molecule has 0 unspecified atom stereocenters. The third-order valence-corrected chi connectivity index (χ3v) is 3.51. The van der Waals surface area contributed by atoms with E-state index in [1.807, 2.05) is 0 Å². The molecule has 0 atom stereocenters. The number of carboxylic acids is 1. The third-order valence-electron chi connectivity index (χ3n) is 3.51. The van der Waals surface area contributed by atoms with Gasteiger partial charge < -0.3 is 5.11 Å². The second-order valence-corrected chi connectivity index (χ2v) is 4.51. The van der Waals surface area contributed by atoms with E-state index < -0.39 is 23.1 Å². The highest BCUT2D eigenvalue weighted by molar-refractivity contribution is 5.82. The zero-order chi connectivity index (χ0) is 13.4. The van der Waals surface area contributed by atoms with E-state index in [2.05, 4.69) is 4.98 Å². The topological polar surface area (TPSA) is 50.2 Å². The van der Waals surface area contributed by atoms with E-state index in [0.29, 0.717) is 19.0 Å². The zero-order valence-electron chi connectivity index (χ0n) is 9.50. The molecule has 1 aliphatic carbocycles. The lowest BCUT2D eigenvalue weighted by Gasteiger charge is -2.27. The fourth-order valence-corrected chi connectivity index (χ4v) is 2.61. The summed E-state index contributed by atoms with van der Waals surface area (Å²) >= 11 is 0. The number of nitrogens with zero attached hydrogens (tertiary/aromatic N) is 1. The van der Waals surface area contributed by atoms with Gasteiger partial charge in [0.05, 0.1) is 11.0 Å². The Morgan fingerprint density at radius 3 is 2.44 bits per heavy atom. The van der Waals surface area contributed by atoms with E-state index in [1.165, 1.54) is 12.3 Å². The molecule has 1 heterocycles. The summed E-state index contributed by atoms with van der Waals surface area (Å²) in [7, 11) is 0. The summed E-state index contributed by atoms with van der Waals surface area (Å²) < 4.78 is 38.7. The molecule has 6 heteroatoms. The van der Waals surface area contributed by atoms with Crippen LogP contribution >= 0.6 is 0 Å². The van der Waals surface area contributed by atoms with Gasteiger partial charge in [-0.15, -0.1) is 0 Å². The van der Waals surface area contributed by atoms with Gasteiger partial charge in [0.1, 0.15) is 0 Å². The molecular weight excluding hydrogens is 247 g/mol. The normalized spacial score (nSPS) is 18.8. The number of halogens is 3. The van der Waals surface area contributed by atoms with E-state index >= 15 is 0 Å². The van der Waals surface area contributed by atoms with Crippen LogP contribution in [0.3, 0.4) is 0 Å². The molecule has 3 nitrogen and oxygen atoms in total. The van der Waals surface area contributed by atoms with Crippen molar-refractivity contribution < 1.29 is 23.1 Å². The fourth-order valence-electron chi connectivity index (χ4n) is 2.61. The first-order valence-electron chi connectivity index (χ1n) is 5.63. The van der Waals surface area contributed by atoms with Crippen molar-refractivity contribution in [1.82, 2.24) is 4.98 Å². The van der Waals surface area contributed by atoms with Gasteiger partial charge in [-0.05, 0) is 24.5 Å². The molecule has 1 saturated carbocycles. The maximum atomic E-state index is 12.9. The summed E-state index contributed by atoms with van der Waals surface area (Å²) in [6.45, 7) is 0. The van der Waals surface area contributed by atoms with Crippen LogP contribution in [-0.2, 0) is 16.4 Å². The molecule has 0 saturated heterocycles. The van der Waals surface area contributed by atoms with Crippen molar-refractivity contribution >= 4 is 5.97 Å². The summed E-state index contributed by atoms with van der Waals surface area (Å²) in [4.78, 5) is 14.9. The number of carbonyl (C=O) groups is 1. The van der Waals surface area contributed by atoms with Crippen LogP contribution in [0.15, 0.2) is 18.5 Å². The Bertz CT molecular complexity index is 465. The number of hydrogen-bond donors (Lipinski definition) is 1. The first kappa shape index (κ1) is 12.9. The predicted octanol–water partition coefficient (Wildman–Crippen LogP) is 3.00. The smallest absolute Gasteiger partial charge is 0.418 e. The van der Waals surface area contributed by atoms with Crippen molar-refractivity contribution in [2.24, 2.45) is 0 Å². The maximum Gasteiger partial charge on any atom is 0.418 e. The Morgan fingerprint density at radius 2 is 1.94 bits per heavy atom. The molecule has 0 aliphatic heterocycles. The Hall–Kier alpha value is -1.59. The molecule has 0 aromatic carbocycles. The quantitative estimate of drug-likeness (QED) is 0.888. The van der Waals surface area contributed by atoms with Gasteiger partial charge in [0, 0.05) is 12.4 Å². The van der Waals surface area contributed by atoms with Crippen molar-refractivity contribution in [1.29, 1.82) is 0 Å². The first-order chi connectivity index (χ1) is 8.38. The SMILES string of the molecule is O=C(O)C1(c2ccncc2C(F)(F)F)CCCC1. The molecule has 0 spiro atoms. The molecule has 2 rings (SSSR count). The van der Waals surface area contributed by atoms with Crippen LogP contribution in [0.4, 0.5) is 13.2 Å². The van der Waals surface area contributed by atoms with Crippen molar-refractivity contribution in [3.05, 3.63) is 29.6 Å². The standard InChI is InChI=1S/C12H12F3NO2/c13-12(14,15)9-7-16-6-3-8(9)11(10(17)18)4-1-2-5-11/h3,6-7H,1-2,4-5H2,(H,17,18). The summed E-state index contributed by atoms with van der Waals surface area (Å²) in [5.74, 6) is -1.18. The summed E-state index contributed by atoms with van der Waals surface area (Å²) in [6.07, 6.45) is -0.900. The van der Waals surface area contributed by atoms with E-state index in [4.69, 9.17) is 0 Å². The van der Waals surface area contributed by atoms with Crippen LogP contribution in [0, 0.1) is 0 Å². The highest BCUT2D eigenvalue weighted by Gasteiger charge is 2.48. The molecular formula is C12H12F3NO2. The minimum atomic E-state index is -4.57. The minimum Gasteiger partial charge on any atom is -0.481 e. The van der Waals surface area contributed by atoms with Gasteiger partial charge in [-0.25, -0.2) is 0 Å².